The molecule has 1 rings (SSSR count). The maximum Gasteiger partial charge on any atom is 0.386 e. The molecule has 6 heteroatoms. The van der Waals surface area contributed by atoms with Crippen molar-refractivity contribution in [2.45, 2.75) is 5.38 Å². The van der Waals surface area contributed by atoms with E-state index in [1.807, 2.05) is 0 Å². The van der Waals surface area contributed by atoms with Gasteiger partial charge in [-0.05, 0) is 23.7 Å². The van der Waals surface area contributed by atoms with Crippen LogP contribution in [0.3, 0.4) is 0 Å². The van der Waals surface area contributed by atoms with E-state index in [0.29, 0.717) is 0 Å². The molecule has 0 radical (unpaired) electrons. The quantitative estimate of drug-likeness (QED) is 0.580. The van der Waals surface area contributed by atoms with Crippen LogP contribution in [0.5, 0.6) is 5.75 Å². The number of ketones is 1. The third-order valence-electron chi connectivity index (χ3n) is 1.46. The maximum absolute atomic E-state index is 12.4. The van der Waals surface area contributed by atoms with Crippen molar-refractivity contribution in [2.24, 2.45) is 0 Å². The number of pyridine rings is 1. The van der Waals surface area contributed by atoms with Gasteiger partial charge in [-0.1, -0.05) is 0 Å². The first-order valence-corrected chi connectivity index (χ1v) is 3.95. The smallest absolute Gasteiger partial charge is 0.386 e. The number of carbonyl (C=O) groups excluding carboxylic acids is 1. The number of ether oxygens (including phenoxy) is 1. The molecule has 0 amide bonds. The Hall–Kier alpha value is -1.23. The van der Waals surface area contributed by atoms with Gasteiger partial charge in [0.15, 0.2) is 5.69 Å². The van der Waals surface area contributed by atoms with E-state index in [2.05, 4.69) is 21.3 Å². The second kappa shape index (κ2) is 3.88. The van der Waals surface area contributed by atoms with Crippen LogP contribution in [0.1, 0.15) is 10.5 Å². The minimum absolute atomic E-state index is 0.0298. The first kappa shape index (κ1) is 10.8. The van der Waals surface area contributed by atoms with Crippen molar-refractivity contribution in [1.29, 1.82) is 0 Å². The molecule has 0 saturated carbocycles. The van der Waals surface area contributed by atoms with Gasteiger partial charge in [0.25, 0.3) is 5.78 Å². The van der Waals surface area contributed by atoms with E-state index in [9.17, 15) is 13.6 Å². The van der Waals surface area contributed by atoms with Crippen LogP contribution >= 0.6 is 11.6 Å². The maximum atomic E-state index is 12.4. The highest BCUT2D eigenvalue weighted by Crippen LogP contribution is 2.27. The highest BCUT2D eigenvalue weighted by Gasteiger charge is 2.39. The molecule has 0 atom stereocenters. The highest BCUT2D eigenvalue weighted by molar-refractivity contribution is 6.35. The van der Waals surface area contributed by atoms with Gasteiger partial charge in [-0.3, -0.25) is 4.79 Å². The Kier molecular flexibility index (Phi) is 3.00. The molecule has 0 aliphatic heterocycles. The molecule has 3 nitrogen and oxygen atoms in total. The van der Waals surface area contributed by atoms with Crippen LogP contribution in [0.2, 0.25) is 0 Å². The van der Waals surface area contributed by atoms with Crippen molar-refractivity contribution in [3.63, 3.8) is 0 Å². The number of halogens is 3. The summed E-state index contributed by atoms with van der Waals surface area (Å²) in [6, 6.07) is 2.81. The van der Waals surface area contributed by atoms with Crippen molar-refractivity contribution in [3.8, 4) is 5.75 Å². The first-order valence-electron chi connectivity index (χ1n) is 3.57. The lowest BCUT2D eigenvalue weighted by molar-refractivity contribution is 0.0527. The molecule has 0 aliphatic carbocycles. The molecule has 14 heavy (non-hydrogen) atoms. The Labute approximate surface area is 83.7 Å². The van der Waals surface area contributed by atoms with E-state index in [1.54, 1.807) is 0 Å². The predicted molar refractivity (Wildman–Crippen MR) is 45.9 cm³/mol. The summed E-state index contributed by atoms with van der Waals surface area (Å²) in [5.41, 5.74) is -0.477. The summed E-state index contributed by atoms with van der Waals surface area (Å²) in [6.07, 6.45) is 1.21. The van der Waals surface area contributed by atoms with E-state index >= 15 is 0 Å². The lowest BCUT2D eigenvalue weighted by Crippen LogP contribution is -2.23. The van der Waals surface area contributed by atoms with Crippen LogP contribution in [0.25, 0.3) is 0 Å². The average Bonchev–Trinajstić information content (AvgIpc) is 2.15. The second-order valence-corrected chi connectivity index (χ2v) is 2.86. The van der Waals surface area contributed by atoms with Crippen molar-refractivity contribution < 1.29 is 18.3 Å². The third kappa shape index (κ3) is 2.17. The van der Waals surface area contributed by atoms with Gasteiger partial charge < -0.3 is 4.74 Å². The van der Waals surface area contributed by atoms with Crippen LogP contribution in [0, 0.1) is 0 Å². The van der Waals surface area contributed by atoms with Crippen LogP contribution in [0.15, 0.2) is 18.3 Å². The summed E-state index contributed by atoms with van der Waals surface area (Å²) in [5, 5.41) is -3.96. The number of rotatable bonds is 3. The summed E-state index contributed by atoms with van der Waals surface area (Å²) in [7, 11) is 1.25. The Balaban J connectivity index is 3.13. The molecule has 0 N–H and O–H groups in total. The standard InChI is InChI=1S/C8H6ClF2NO2/c1-14-5-3-2-4-12-6(5)7(13)8(9,10)11/h2-4H,1H3. The van der Waals surface area contributed by atoms with Gasteiger partial charge in [-0.15, -0.1) is 0 Å². The van der Waals surface area contributed by atoms with Gasteiger partial charge in [0, 0.05) is 6.20 Å². The number of alkyl halides is 3. The Morgan fingerprint density at radius 3 is 2.79 bits per heavy atom. The zero-order valence-electron chi connectivity index (χ0n) is 7.13. The van der Waals surface area contributed by atoms with Gasteiger partial charge in [0.05, 0.1) is 7.11 Å². The van der Waals surface area contributed by atoms with E-state index < -0.39 is 16.9 Å². The van der Waals surface area contributed by atoms with Gasteiger partial charge in [-0.2, -0.15) is 8.78 Å². The average molecular weight is 222 g/mol. The number of Topliss-reactive ketones (excluding diaryl/α,β-unsaturated/α-hetero) is 1. The monoisotopic (exact) mass is 221 g/mol. The Bertz CT molecular complexity index is 351. The molecule has 76 valence electrons. The van der Waals surface area contributed by atoms with Crippen LogP contribution in [-0.2, 0) is 0 Å². The Morgan fingerprint density at radius 1 is 1.64 bits per heavy atom. The minimum atomic E-state index is -3.96. The van der Waals surface area contributed by atoms with Crippen molar-refractivity contribution in [3.05, 3.63) is 24.0 Å². The molecule has 0 bridgehead atoms. The highest BCUT2D eigenvalue weighted by atomic mass is 35.5. The SMILES string of the molecule is COc1cccnc1C(=O)C(F)(F)Cl. The summed E-state index contributed by atoms with van der Waals surface area (Å²) in [4.78, 5) is 14.5. The number of aromatic nitrogens is 1. The predicted octanol–water partition coefficient (Wildman–Crippen LogP) is 2.10. The van der Waals surface area contributed by atoms with Gasteiger partial charge in [0.2, 0.25) is 0 Å². The Morgan fingerprint density at radius 2 is 2.29 bits per heavy atom. The molecule has 1 aromatic rings. The fourth-order valence-electron chi connectivity index (χ4n) is 0.860. The lowest BCUT2D eigenvalue weighted by atomic mass is 10.2. The molecule has 1 aromatic heterocycles. The molecule has 0 fully saturated rings. The summed E-state index contributed by atoms with van der Waals surface area (Å²) >= 11 is 4.57. The molecule has 0 unspecified atom stereocenters. The van der Waals surface area contributed by atoms with Crippen molar-refractivity contribution in [2.75, 3.05) is 7.11 Å². The van der Waals surface area contributed by atoms with Gasteiger partial charge >= 0.3 is 5.38 Å². The topological polar surface area (TPSA) is 39.2 Å². The molecule has 0 aromatic carbocycles. The summed E-state index contributed by atoms with van der Waals surface area (Å²) < 4.78 is 29.6. The van der Waals surface area contributed by atoms with Crippen molar-refractivity contribution in [1.82, 2.24) is 4.98 Å². The molecular formula is C8H6ClF2NO2. The largest absolute Gasteiger partial charge is 0.494 e. The fourth-order valence-corrected chi connectivity index (χ4v) is 0.950. The number of methoxy groups -OCH3 is 1. The molecule has 0 spiro atoms. The van der Waals surface area contributed by atoms with Gasteiger partial charge in [-0.25, -0.2) is 4.98 Å². The zero-order chi connectivity index (χ0) is 10.8. The minimum Gasteiger partial charge on any atom is -0.494 e. The van der Waals surface area contributed by atoms with E-state index in [4.69, 9.17) is 0 Å². The number of nitrogens with zero attached hydrogens (tertiary/aromatic N) is 1. The van der Waals surface area contributed by atoms with Crippen LogP contribution in [-0.4, -0.2) is 23.3 Å². The summed E-state index contributed by atoms with van der Waals surface area (Å²) in [6.45, 7) is 0. The lowest BCUT2D eigenvalue weighted by Gasteiger charge is -2.08. The summed E-state index contributed by atoms with van der Waals surface area (Å²) in [5.74, 6) is -1.60. The first-order chi connectivity index (χ1) is 6.46. The van der Waals surface area contributed by atoms with E-state index in [1.165, 1.54) is 25.4 Å². The third-order valence-corrected chi connectivity index (χ3v) is 1.63. The van der Waals surface area contributed by atoms with E-state index in [-0.39, 0.29) is 5.75 Å². The fraction of sp³-hybridized carbons (Fsp3) is 0.250. The van der Waals surface area contributed by atoms with Crippen LogP contribution < -0.4 is 4.74 Å². The van der Waals surface area contributed by atoms with Crippen molar-refractivity contribution >= 4 is 17.4 Å². The number of carbonyl (C=O) groups is 1. The normalized spacial score (nSPS) is 11.1. The molecule has 0 saturated heterocycles. The van der Waals surface area contributed by atoms with E-state index in [0.717, 1.165) is 0 Å². The molecule has 1 heterocycles. The number of hydrogen-bond donors (Lipinski definition) is 0. The molecule has 0 aliphatic rings. The van der Waals surface area contributed by atoms with Gasteiger partial charge in [0.1, 0.15) is 5.75 Å². The molecular weight excluding hydrogens is 216 g/mol. The second-order valence-electron chi connectivity index (χ2n) is 2.38. The van der Waals surface area contributed by atoms with Crippen LogP contribution in [0.4, 0.5) is 8.78 Å². The zero-order valence-corrected chi connectivity index (χ0v) is 7.89. The number of hydrogen-bond acceptors (Lipinski definition) is 3.